The molecular formula is C72H60Cl4N8O24S8. The number of ketones is 4. The van der Waals surface area contributed by atoms with Gasteiger partial charge in [-0.2, -0.15) is 0 Å². The van der Waals surface area contributed by atoms with E-state index in [0.717, 1.165) is 63.5 Å². The number of hydrogen-bond acceptors (Lipinski definition) is 32. The van der Waals surface area contributed by atoms with Crippen LogP contribution in [0, 0.1) is 55.3 Å². The Kier molecular flexibility index (Phi) is 18.5. The van der Waals surface area contributed by atoms with Crippen molar-refractivity contribution in [2.75, 3.05) is 45.9 Å². The predicted molar refractivity (Wildman–Crippen MR) is 427 cm³/mol. The molecule has 0 aliphatic carbocycles. The summed E-state index contributed by atoms with van der Waals surface area (Å²) in [5, 5.41) is 19.0. The molecule has 4 aliphatic heterocycles. The highest BCUT2D eigenvalue weighted by atomic mass is 35.5. The average molecular weight is 1840 g/mol. The number of fused-ring (bicyclic) bond motifs is 4. The van der Waals surface area contributed by atoms with E-state index in [-0.39, 0.29) is 216 Å². The van der Waals surface area contributed by atoms with Gasteiger partial charge >= 0.3 is 0 Å². The molecule has 0 radical (unpaired) electrons. The van der Waals surface area contributed by atoms with Gasteiger partial charge in [0.1, 0.15) is 69.3 Å². The molecular weight excluding hydrogens is 1760 g/mol. The highest BCUT2D eigenvalue weighted by Gasteiger charge is 2.34. The van der Waals surface area contributed by atoms with E-state index in [1.165, 1.54) is 81.3 Å². The van der Waals surface area contributed by atoms with Crippen molar-refractivity contribution in [3.63, 3.8) is 0 Å². The maximum Gasteiger partial charge on any atom is 0.265 e. The van der Waals surface area contributed by atoms with Crippen molar-refractivity contribution in [2.45, 2.75) is 101 Å². The van der Waals surface area contributed by atoms with Gasteiger partial charge in [0.25, 0.3) is 63.6 Å². The van der Waals surface area contributed by atoms with Crippen molar-refractivity contribution in [1.29, 1.82) is 0 Å². The van der Waals surface area contributed by atoms with E-state index in [1.807, 2.05) is 0 Å². The molecule has 1 unspecified atom stereocenters. The lowest BCUT2D eigenvalue weighted by Crippen LogP contribution is -2.16. The minimum Gasteiger partial charge on any atom is -0.454 e. The van der Waals surface area contributed by atoms with Gasteiger partial charge in [-0.05, 0) is 194 Å². The number of nitrogens with zero attached hydrogens (tertiary/aromatic N) is 4. The zero-order valence-corrected chi connectivity index (χ0v) is 69.1. The van der Waals surface area contributed by atoms with Crippen molar-refractivity contribution in [3.8, 4) is 46.0 Å². The maximum absolute atomic E-state index is 13.2. The van der Waals surface area contributed by atoms with Gasteiger partial charge in [0.15, 0.2) is 74.8 Å². The number of sulfonamides is 4. The lowest BCUT2D eigenvalue weighted by Gasteiger charge is -2.09. The second-order valence-electron chi connectivity index (χ2n) is 24.0. The molecule has 1 atom stereocenters. The normalized spacial score (nSPS) is 16.8. The largest absolute Gasteiger partial charge is 0.454 e. The Morgan fingerprint density at radius 1 is 0.397 bits per heavy atom. The molecule has 0 fully saturated rings. The van der Waals surface area contributed by atoms with E-state index in [9.17, 15) is 52.8 Å². The fraction of sp³-hybridized carbons (Fsp3) is 0.222. The van der Waals surface area contributed by atoms with Crippen molar-refractivity contribution in [1.82, 2.24) is 20.6 Å². The first kappa shape index (κ1) is 63.0. The molecule has 0 spiro atoms. The van der Waals surface area contributed by atoms with E-state index in [4.69, 9.17) is 127 Å². The molecule has 16 rings (SSSR count). The number of benzene rings is 4. The van der Waals surface area contributed by atoms with Crippen LogP contribution in [0.3, 0.4) is 0 Å². The van der Waals surface area contributed by atoms with Crippen LogP contribution in [0.5, 0.6) is 46.0 Å². The molecule has 116 heavy (non-hydrogen) atoms. The minimum atomic E-state index is -4.62. The summed E-state index contributed by atoms with van der Waals surface area (Å²) >= 11 is 27.2. The maximum atomic E-state index is 13.2. The SMILES string of the molecule is [2H]N(c1onc(C)c1Cl)S(=O)(=O)c1ccsc1C(=O)Cc1cc2c(cc1C([2H])([2H])[2H])OC([2H])([2H])O2.[2H]c1c(C)c(CC(=O)c2sccc2S(=O)(=O)N([2H])c2onc(C)c2Cl)c([2H])c2c1OC([2H])([2H])O2.[2H]c1c(C)c(CC(=O)c2sccc2S(=O)(=O)N([2H])c2onc(C)c2Cl)c([2H])c2c1OC([2H])O2.[2H]c1c(C)c(CC(=O)c2sccc2S(=O)(=O)N([2H])c2onc(C)c2Cl)c([2H])c2c1OCO2. The summed E-state index contributed by atoms with van der Waals surface area (Å²) in [6.45, 7) is 1.16. The molecule has 12 heterocycles. The third-order valence-electron chi connectivity index (χ3n) is 16.1. The third-order valence-corrected chi connectivity index (χ3v) is 27.4. The van der Waals surface area contributed by atoms with Crippen LogP contribution in [0.4, 0.5) is 23.5 Å². The van der Waals surface area contributed by atoms with Crippen molar-refractivity contribution in [3.05, 3.63) is 201 Å². The van der Waals surface area contributed by atoms with Crippen LogP contribution < -0.4 is 56.8 Å². The monoisotopic (exact) mass is 1830 g/mol. The van der Waals surface area contributed by atoms with Crippen molar-refractivity contribution in [2.24, 2.45) is 0 Å². The fourth-order valence-corrected chi connectivity index (χ4v) is 20.1. The van der Waals surface area contributed by atoms with Gasteiger partial charge in [0, 0.05) is 29.8 Å². The van der Waals surface area contributed by atoms with E-state index in [1.54, 1.807) is 6.92 Å². The Morgan fingerprint density at radius 2 is 0.664 bits per heavy atom. The molecule has 44 heteroatoms. The summed E-state index contributed by atoms with van der Waals surface area (Å²) in [7, 11) is -18.3. The first-order valence-electron chi connectivity index (χ1n) is 41.1. The van der Waals surface area contributed by atoms with Crippen LogP contribution in [0.25, 0.3) is 0 Å². The highest BCUT2D eigenvalue weighted by Crippen LogP contribution is 2.42. The molecule has 0 saturated heterocycles. The molecule has 0 bridgehead atoms. The zero-order chi connectivity index (χ0) is 98.7. The second kappa shape index (κ2) is 34.1. The number of thiophene rings is 4. The Morgan fingerprint density at radius 3 is 0.974 bits per heavy atom. The number of rotatable bonds is 24. The first-order chi connectivity index (χ1) is 62.4. The molecule has 4 N–H and O–H groups in total. The van der Waals surface area contributed by atoms with Gasteiger partial charge < -0.3 is 56.0 Å². The molecule has 0 amide bonds. The third kappa shape index (κ3) is 18.1. The zero-order valence-electron chi connectivity index (χ0n) is 77.5. The van der Waals surface area contributed by atoms with E-state index in [2.05, 4.69) is 20.6 Å². The van der Waals surface area contributed by atoms with E-state index >= 15 is 0 Å². The van der Waals surface area contributed by atoms with Crippen LogP contribution in [-0.4, -0.2) is 104 Å². The summed E-state index contributed by atoms with van der Waals surface area (Å²) in [6, 6.07) is 5.91. The topological polar surface area (TPSA) is 431 Å². The van der Waals surface area contributed by atoms with Gasteiger partial charge in [-0.3, -0.25) is 19.2 Å². The summed E-state index contributed by atoms with van der Waals surface area (Å²) in [5.74, 6) is -5.49. The number of carbonyl (C=O) groups excluding carboxylic acids is 4. The summed E-state index contributed by atoms with van der Waals surface area (Å²) in [5.41, 5.74) is 1.72. The fourth-order valence-electron chi connectivity index (χ4n) is 10.2. The number of nitrogens with one attached hydrogen (secondary N) is 4. The summed E-state index contributed by atoms with van der Waals surface area (Å²) in [4.78, 5) is 49.9. The number of hydrogen-bond donors (Lipinski definition) is 4. The summed E-state index contributed by atoms with van der Waals surface area (Å²) in [6.07, 6.45) is -1.76. The van der Waals surface area contributed by atoms with Gasteiger partial charge in [-0.15, -0.1) is 45.3 Å². The molecule has 32 nitrogen and oxygen atoms in total. The number of carbonyl (C=O) groups is 4. The van der Waals surface area contributed by atoms with Crippen LogP contribution >= 0.6 is 91.8 Å². The van der Waals surface area contributed by atoms with Crippen LogP contribution in [-0.2, 0) is 65.8 Å². The number of ether oxygens (including phenoxy) is 8. The van der Waals surface area contributed by atoms with E-state index in [0.29, 0.717) is 5.56 Å². The van der Waals surface area contributed by atoms with Crippen molar-refractivity contribution < 1.29 is 134 Å². The Hall–Kier alpha value is -10.2. The molecule has 12 aromatic rings. The Bertz CT molecular complexity index is 7320. The second-order valence-corrected chi connectivity index (χ2v) is 35.4. The molecule has 0 saturated carbocycles. The highest BCUT2D eigenvalue weighted by molar-refractivity contribution is 7.94. The van der Waals surface area contributed by atoms with E-state index < -0.39 is 153 Å². The number of anilines is 4. The van der Waals surface area contributed by atoms with Crippen LogP contribution in [0.2, 0.25) is 25.7 Å². The standard InChI is InChI=1S/4C18H15ClN2O6S2/c4*1-9-5-13-14(26-8-25-13)7-11(9)6-12(22)17-15(3-4-28-17)29(23,24)21-18-16(19)10(2)20-27-18/h4*3-5,7,21H,6,8H2,1-2H3/i5D,7D,8D2;5D,7D,8D;5D,7D;1D3,8D2/hD4. The lowest BCUT2D eigenvalue weighted by atomic mass is 10.0. The predicted octanol–water partition coefficient (Wildman–Crippen LogP) is 15.8. The average Bonchev–Trinajstić information content (AvgIpc) is 1.59. The molecule has 608 valence electrons. The Labute approximate surface area is 721 Å². The lowest BCUT2D eigenvalue weighted by molar-refractivity contribution is 0.0985. The summed E-state index contributed by atoms with van der Waals surface area (Å²) < 4.78 is 307. The number of aryl methyl sites for hydroxylation is 5. The number of Topliss-reactive ketones (excluding diaryl/α,β-unsaturated/α-hetero) is 4. The smallest absolute Gasteiger partial charge is 0.265 e. The van der Waals surface area contributed by atoms with Gasteiger partial charge in [0.2, 0.25) is 27.1 Å². The molecule has 4 aliphatic rings. The van der Waals surface area contributed by atoms with Crippen LogP contribution in [0.1, 0.15) is 125 Å². The Balaban J connectivity index is 0.000000152. The van der Waals surface area contributed by atoms with Crippen LogP contribution in [0.15, 0.2) is 132 Å². The molecule has 8 aromatic heterocycles. The number of aromatic nitrogens is 4. The quantitative estimate of drug-likeness (QED) is 0.0408. The van der Waals surface area contributed by atoms with Crippen molar-refractivity contribution >= 4 is 179 Å². The van der Waals surface area contributed by atoms with Gasteiger partial charge in [0.05, 0.1) is 27.7 Å². The van der Waals surface area contributed by atoms with Gasteiger partial charge in [-0.1, -0.05) is 67.0 Å². The van der Waals surface area contributed by atoms with Gasteiger partial charge in [-0.25, -0.2) is 52.5 Å². The minimum absolute atomic E-state index is 0.00277. The number of halogens is 4. The molecule has 4 aromatic carbocycles. The first-order valence-corrected chi connectivity index (χ1v) is 43.1.